The molecule has 3 rings (SSSR count). The molecule has 0 amide bonds. The molecule has 0 bridgehead atoms. The summed E-state index contributed by atoms with van der Waals surface area (Å²) in [6.45, 7) is 1.59. The Morgan fingerprint density at radius 2 is 1.76 bits per heavy atom. The zero-order valence-corrected chi connectivity index (χ0v) is 11.0. The van der Waals surface area contributed by atoms with E-state index in [0.717, 1.165) is 6.07 Å². The zero-order chi connectivity index (χ0) is 15.3. The predicted molar refractivity (Wildman–Crippen MR) is 72.0 cm³/mol. The molecule has 0 saturated carbocycles. The highest BCUT2D eigenvalue weighted by Crippen LogP contribution is 2.43. The highest BCUT2D eigenvalue weighted by Gasteiger charge is 2.29. The van der Waals surface area contributed by atoms with E-state index in [2.05, 4.69) is 0 Å². The van der Waals surface area contributed by atoms with Crippen molar-refractivity contribution >= 4 is 5.97 Å². The SMILES string of the molecule is Cc1cc(O)c2c(c1O)Cc1cc(O)cc(O)c1OC2=O. The van der Waals surface area contributed by atoms with E-state index in [9.17, 15) is 25.2 Å². The van der Waals surface area contributed by atoms with Gasteiger partial charge < -0.3 is 25.2 Å². The maximum Gasteiger partial charge on any atom is 0.347 e. The van der Waals surface area contributed by atoms with Crippen molar-refractivity contribution in [2.75, 3.05) is 0 Å². The number of rotatable bonds is 0. The Labute approximate surface area is 119 Å². The molecule has 0 fully saturated rings. The van der Waals surface area contributed by atoms with Gasteiger partial charge in [-0.3, -0.25) is 0 Å². The second-order valence-electron chi connectivity index (χ2n) is 4.93. The molecule has 0 unspecified atom stereocenters. The first-order valence-electron chi connectivity index (χ1n) is 6.20. The molecule has 108 valence electrons. The fraction of sp³-hybridized carbons (Fsp3) is 0.133. The maximum atomic E-state index is 12.1. The molecule has 0 atom stereocenters. The lowest BCUT2D eigenvalue weighted by molar-refractivity contribution is 0.0727. The molecule has 0 spiro atoms. The monoisotopic (exact) mass is 288 g/mol. The highest BCUT2D eigenvalue weighted by molar-refractivity contribution is 5.98. The summed E-state index contributed by atoms with van der Waals surface area (Å²) in [5, 5.41) is 39.4. The standard InChI is InChI=1S/C15H12O6/c1-6-2-10(17)12-9(13(6)19)4-7-3-8(16)5-11(18)14(7)21-15(12)20/h2-3,5,16-19H,4H2,1H3. The fourth-order valence-corrected chi connectivity index (χ4v) is 2.50. The Hall–Kier alpha value is -2.89. The molecule has 2 aromatic rings. The van der Waals surface area contributed by atoms with E-state index in [-0.39, 0.29) is 46.3 Å². The number of hydrogen-bond acceptors (Lipinski definition) is 6. The van der Waals surface area contributed by atoms with E-state index < -0.39 is 5.97 Å². The van der Waals surface area contributed by atoms with Gasteiger partial charge >= 0.3 is 5.97 Å². The minimum atomic E-state index is -0.877. The summed E-state index contributed by atoms with van der Waals surface area (Å²) in [5.74, 6) is -1.98. The smallest absolute Gasteiger partial charge is 0.347 e. The quantitative estimate of drug-likeness (QED) is 0.335. The van der Waals surface area contributed by atoms with Crippen molar-refractivity contribution in [3.8, 4) is 28.7 Å². The first kappa shape index (κ1) is 13.1. The lowest BCUT2D eigenvalue weighted by Crippen LogP contribution is -2.09. The van der Waals surface area contributed by atoms with Crippen LogP contribution in [0.4, 0.5) is 0 Å². The van der Waals surface area contributed by atoms with Crippen molar-refractivity contribution in [2.45, 2.75) is 13.3 Å². The number of benzene rings is 2. The van der Waals surface area contributed by atoms with Crippen LogP contribution in [0.3, 0.4) is 0 Å². The first-order valence-corrected chi connectivity index (χ1v) is 6.20. The third-order valence-corrected chi connectivity index (χ3v) is 3.47. The molecule has 2 aromatic carbocycles. The van der Waals surface area contributed by atoms with Crippen LogP contribution in [-0.4, -0.2) is 26.4 Å². The Morgan fingerprint density at radius 1 is 1.05 bits per heavy atom. The second-order valence-corrected chi connectivity index (χ2v) is 4.93. The number of phenols is 4. The van der Waals surface area contributed by atoms with E-state index >= 15 is 0 Å². The number of hydrogen-bond donors (Lipinski definition) is 4. The van der Waals surface area contributed by atoms with E-state index in [0.29, 0.717) is 11.1 Å². The van der Waals surface area contributed by atoms with Gasteiger partial charge in [-0.05, 0) is 24.6 Å². The summed E-state index contributed by atoms with van der Waals surface area (Å²) in [4.78, 5) is 12.1. The minimum absolute atomic E-state index is 0.0272. The number of phenolic OH excluding ortho intramolecular Hbond substituents is 4. The molecule has 0 aliphatic carbocycles. The van der Waals surface area contributed by atoms with Crippen LogP contribution in [-0.2, 0) is 6.42 Å². The van der Waals surface area contributed by atoms with Gasteiger partial charge in [-0.25, -0.2) is 4.79 Å². The number of carbonyl (C=O) groups excluding carboxylic acids is 1. The third-order valence-electron chi connectivity index (χ3n) is 3.47. The molecule has 21 heavy (non-hydrogen) atoms. The number of aromatic hydroxyl groups is 4. The van der Waals surface area contributed by atoms with Gasteiger partial charge in [-0.15, -0.1) is 0 Å². The normalized spacial score (nSPS) is 13.1. The number of ether oxygens (including phenoxy) is 1. The third kappa shape index (κ3) is 1.92. The molecule has 6 heteroatoms. The van der Waals surface area contributed by atoms with Crippen LogP contribution in [0.15, 0.2) is 18.2 Å². The second kappa shape index (κ2) is 4.31. The van der Waals surface area contributed by atoms with E-state index in [1.165, 1.54) is 12.1 Å². The number of fused-ring (bicyclic) bond motifs is 2. The molecule has 1 aliphatic heterocycles. The molecule has 1 heterocycles. The molecule has 0 radical (unpaired) electrons. The van der Waals surface area contributed by atoms with Gasteiger partial charge in [0, 0.05) is 23.6 Å². The van der Waals surface area contributed by atoms with Crippen LogP contribution < -0.4 is 4.74 Å². The molecule has 4 N–H and O–H groups in total. The van der Waals surface area contributed by atoms with E-state index in [4.69, 9.17) is 4.74 Å². The summed E-state index contributed by atoms with van der Waals surface area (Å²) >= 11 is 0. The van der Waals surface area contributed by atoms with E-state index in [1.807, 2.05) is 0 Å². The van der Waals surface area contributed by atoms with Crippen LogP contribution in [0, 0.1) is 6.92 Å². The molecule has 0 saturated heterocycles. The van der Waals surface area contributed by atoms with Crippen LogP contribution in [0.25, 0.3) is 0 Å². The van der Waals surface area contributed by atoms with Crippen molar-refractivity contribution in [1.29, 1.82) is 0 Å². The zero-order valence-electron chi connectivity index (χ0n) is 11.0. The topological polar surface area (TPSA) is 107 Å². The highest BCUT2D eigenvalue weighted by atomic mass is 16.5. The summed E-state index contributed by atoms with van der Waals surface area (Å²) in [5.41, 5.74) is 0.793. The average molecular weight is 288 g/mol. The molecule has 0 aromatic heterocycles. The van der Waals surface area contributed by atoms with Gasteiger partial charge in [-0.1, -0.05) is 0 Å². The van der Waals surface area contributed by atoms with Crippen LogP contribution in [0.5, 0.6) is 28.7 Å². The maximum absolute atomic E-state index is 12.1. The molecule has 1 aliphatic rings. The van der Waals surface area contributed by atoms with Crippen LogP contribution in [0.1, 0.15) is 27.0 Å². The molecule has 6 nitrogen and oxygen atoms in total. The Morgan fingerprint density at radius 3 is 2.48 bits per heavy atom. The van der Waals surface area contributed by atoms with Crippen LogP contribution in [0.2, 0.25) is 0 Å². The van der Waals surface area contributed by atoms with Crippen molar-refractivity contribution in [2.24, 2.45) is 0 Å². The number of aryl methyl sites for hydroxylation is 1. The van der Waals surface area contributed by atoms with Crippen molar-refractivity contribution < 1.29 is 30.0 Å². The largest absolute Gasteiger partial charge is 0.508 e. The van der Waals surface area contributed by atoms with Gasteiger partial charge in [0.2, 0.25) is 0 Å². The predicted octanol–water partition coefficient (Wildman–Crippen LogP) is 1.94. The van der Waals surface area contributed by atoms with Gasteiger partial charge in [0.25, 0.3) is 0 Å². The van der Waals surface area contributed by atoms with Gasteiger partial charge in [-0.2, -0.15) is 0 Å². The number of carbonyl (C=O) groups is 1. The summed E-state index contributed by atoms with van der Waals surface area (Å²) in [7, 11) is 0. The van der Waals surface area contributed by atoms with Crippen molar-refractivity contribution in [3.05, 3.63) is 40.5 Å². The van der Waals surface area contributed by atoms with Crippen molar-refractivity contribution in [3.63, 3.8) is 0 Å². The minimum Gasteiger partial charge on any atom is -0.508 e. The Balaban J connectivity index is 2.30. The van der Waals surface area contributed by atoms with Gasteiger partial charge in [0.15, 0.2) is 11.5 Å². The summed E-state index contributed by atoms with van der Waals surface area (Å²) in [6.07, 6.45) is 0.0272. The van der Waals surface area contributed by atoms with Crippen LogP contribution >= 0.6 is 0 Å². The van der Waals surface area contributed by atoms with E-state index in [1.54, 1.807) is 6.92 Å². The van der Waals surface area contributed by atoms with Crippen molar-refractivity contribution in [1.82, 2.24) is 0 Å². The summed E-state index contributed by atoms with van der Waals surface area (Å²) < 4.78 is 5.07. The summed E-state index contributed by atoms with van der Waals surface area (Å²) in [6, 6.07) is 3.64. The van der Waals surface area contributed by atoms with Gasteiger partial charge in [0.1, 0.15) is 22.8 Å². The molecular weight excluding hydrogens is 276 g/mol. The lowest BCUT2D eigenvalue weighted by atomic mass is 9.96. The fourth-order valence-electron chi connectivity index (χ4n) is 2.50. The molecular formula is C15H12O6. The van der Waals surface area contributed by atoms with Gasteiger partial charge in [0.05, 0.1) is 0 Å². The Kier molecular flexibility index (Phi) is 2.69. The first-order chi connectivity index (χ1) is 9.88. The Bertz CT molecular complexity index is 778. The number of esters is 1. The lowest BCUT2D eigenvalue weighted by Gasteiger charge is -2.10. The average Bonchev–Trinajstić information content (AvgIpc) is 2.53.